The highest BCUT2D eigenvalue weighted by Gasteiger charge is 2.11. The van der Waals surface area contributed by atoms with E-state index in [1.165, 1.54) is 12.8 Å². The number of alkyl halides is 1. The zero-order valence-corrected chi connectivity index (χ0v) is 11.1. The molecule has 0 amide bonds. The summed E-state index contributed by atoms with van der Waals surface area (Å²) in [6, 6.07) is 3.39. The van der Waals surface area contributed by atoms with Gasteiger partial charge in [0.05, 0.1) is 0 Å². The maximum Gasteiger partial charge on any atom is 0.125 e. The highest BCUT2D eigenvalue weighted by Crippen LogP contribution is 2.32. The van der Waals surface area contributed by atoms with Gasteiger partial charge in [-0.2, -0.15) is 0 Å². The van der Waals surface area contributed by atoms with Crippen molar-refractivity contribution < 1.29 is 10.2 Å². The van der Waals surface area contributed by atoms with Crippen LogP contribution in [0, 0.1) is 0 Å². The maximum absolute atomic E-state index is 10.0. The van der Waals surface area contributed by atoms with E-state index in [-0.39, 0.29) is 11.5 Å². The molecule has 0 fully saturated rings. The van der Waals surface area contributed by atoms with Gasteiger partial charge in [-0.15, -0.1) is 11.6 Å². The highest BCUT2D eigenvalue weighted by molar-refractivity contribution is 6.18. The third-order valence-corrected chi connectivity index (χ3v) is 3.17. The van der Waals surface area contributed by atoms with E-state index in [9.17, 15) is 10.2 Å². The third-order valence-electron chi connectivity index (χ3n) is 2.99. The second-order valence-electron chi connectivity index (χ2n) is 4.32. The Morgan fingerprint density at radius 1 is 1.06 bits per heavy atom. The van der Waals surface area contributed by atoms with Crippen molar-refractivity contribution in [2.24, 2.45) is 0 Å². The molecule has 2 N–H and O–H groups in total. The summed E-state index contributed by atoms with van der Waals surface area (Å²) < 4.78 is 0. The molecular weight excluding hydrogens is 236 g/mol. The van der Waals surface area contributed by atoms with Gasteiger partial charge in [0.25, 0.3) is 0 Å². The number of aryl methyl sites for hydroxylation is 1. The van der Waals surface area contributed by atoms with Crippen LogP contribution in [0.15, 0.2) is 12.1 Å². The van der Waals surface area contributed by atoms with E-state index in [0.29, 0.717) is 17.9 Å². The zero-order valence-electron chi connectivity index (χ0n) is 10.4. The van der Waals surface area contributed by atoms with Crippen LogP contribution in [0.1, 0.15) is 43.7 Å². The third kappa shape index (κ3) is 4.12. The minimum atomic E-state index is 0.192. The second-order valence-corrected chi connectivity index (χ2v) is 4.70. The molecule has 0 radical (unpaired) electrons. The number of aromatic hydroxyl groups is 2. The van der Waals surface area contributed by atoms with Gasteiger partial charge in [0.1, 0.15) is 11.5 Å². The number of hydrogen-bond donors (Lipinski definition) is 2. The standard InChI is InChI=1S/C14H21ClO2/c1-2-3-4-5-6-12-13(16)8-7-11(9-10-15)14(12)17/h7-8,16-17H,2-6,9-10H2,1H3. The molecule has 1 rings (SSSR count). The minimum absolute atomic E-state index is 0.192. The Balaban J connectivity index is 2.71. The smallest absolute Gasteiger partial charge is 0.125 e. The molecule has 0 saturated carbocycles. The van der Waals surface area contributed by atoms with Gasteiger partial charge in [-0.25, -0.2) is 0 Å². The average molecular weight is 257 g/mol. The first-order valence-corrected chi connectivity index (χ1v) is 6.82. The summed E-state index contributed by atoms with van der Waals surface area (Å²) in [7, 11) is 0. The molecule has 1 aromatic carbocycles. The summed E-state index contributed by atoms with van der Waals surface area (Å²) in [5.41, 5.74) is 1.49. The van der Waals surface area contributed by atoms with Crippen LogP contribution in [-0.4, -0.2) is 16.1 Å². The number of phenolic OH excluding ortho intramolecular Hbond substituents is 2. The Hall–Kier alpha value is -0.890. The minimum Gasteiger partial charge on any atom is -0.508 e. The molecule has 0 unspecified atom stereocenters. The predicted octanol–water partition coefficient (Wildman–Crippen LogP) is 4.00. The number of unbranched alkanes of at least 4 members (excludes halogenated alkanes) is 3. The van der Waals surface area contributed by atoms with Crippen LogP contribution >= 0.6 is 11.6 Å². The average Bonchev–Trinajstić information content (AvgIpc) is 2.32. The van der Waals surface area contributed by atoms with Gasteiger partial charge < -0.3 is 10.2 Å². The van der Waals surface area contributed by atoms with Crippen molar-refractivity contribution in [2.75, 3.05) is 5.88 Å². The van der Waals surface area contributed by atoms with Crippen LogP contribution in [0.3, 0.4) is 0 Å². The van der Waals surface area contributed by atoms with Crippen LogP contribution < -0.4 is 0 Å². The molecule has 0 aliphatic carbocycles. The van der Waals surface area contributed by atoms with Crippen LogP contribution in [0.25, 0.3) is 0 Å². The SMILES string of the molecule is CCCCCCc1c(O)ccc(CCCl)c1O. The lowest BCUT2D eigenvalue weighted by Gasteiger charge is -2.11. The number of phenols is 2. The Bertz CT molecular complexity index is 350. The van der Waals surface area contributed by atoms with E-state index in [1.54, 1.807) is 12.1 Å². The number of halogens is 1. The molecular formula is C14H21ClO2. The molecule has 0 saturated heterocycles. The lowest BCUT2D eigenvalue weighted by molar-refractivity contribution is 0.432. The molecule has 3 heteroatoms. The molecule has 17 heavy (non-hydrogen) atoms. The first kappa shape index (κ1) is 14.2. The summed E-state index contributed by atoms with van der Waals surface area (Å²) in [5, 5.41) is 19.8. The molecule has 0 bridgehead atoms. The van der Waals surface area contributed by atoms with Gasteiger partial charge in [0.15, 0.2) is 0 Å². The van der Waals surface area contributed by atoms with Crippen molar-refractivity contribution >= 4 is 11.6 Å². The van der Waals surface area contributed by atoms with Gasteiger partial charge in [0, 0.05) is 11.4 Å². The van der Waals surface area contributed by atoms with Crippen LogP contribution in [0.2, 0.25) is 0 Å². The molecule has 0 aliphatic heterocycles. The van der Waals surface area contributed by atoms with Gasteiger partial charge in [-0.1, -0.05) is 32.3 Å². The molecule has 2 nitrogen and oxygen atoms in total. The van der Waals surface area contributed by atoms with E-state index >= 15 is 0 Å². The fourth-order valence-electron chi connectivity index (χ4n) is 1.95. The van der Waals surface area contributed by atoms with E-state index in [2.05, 4.69) is 6.92 Å². The fraction of sp³-hybridized carbons (Fsp3) is 0.571. The number of benzene rings is 1. The summed E-state index contributed by atoms with van der Waals surface area (Å²) in [6.45, 7) is 2.16. The Kier molecular flexibility index (Phi) is 6.20. The van der Waals surface area contributed by atoms with E-state index in [0.717, 1.165) is 24.8 Å². The van der Waals surface area contributed by atoms with Gasteiger partial charge in [-0.3, -0.25) is 0 Å². The molecule has 0 atom stereocenters. The summed E-state index contributed by atoms with van der Waals surface area (Å²) in [6.07, 6.45) is 5.88. The largest absolute Gasteiger partial charge is 0.508 e. The molecule has 0 spiro atoms. The fourth-order valence-corrected chi connectivity index (χ4v) is 2.16. The molecule has 96 valence electrons. The Morgan fingerprint density at radius 3 is 2.47 bits per heavy atom. The highest BCUT2D eigenvalue weighted by atomic mass is 35.5. The quantitative estimate of drug-likeness (QED) is 0.572. The topological polar surface area (TPSA) is 40.5 Å². The lowest BCUT2D eigenvalue weighted by Crippen LogP contribution is -1.94. The summed E-state index contributed by atoms with van der Waals surface area (Å²) in [5.74, 6) is 0.896. The van der Waals surface area contributed by atoms with Crippen molar-refractivity contribution in [1.82, 2.24) is 0 Å². The monoisotopic (exact) mass is 256 g/mol. The number of rotatable bonds is 7. The molecule has 0 aliphatic rings. The van der Waals surface area contributed by atoms with Crippen LogP contribution in [0.5, 0.6) is 11.5 Å². The Morgan fingerprint density at radius 2 is 1.82 bits per heavy atom. The summed E-state index contributed by atoms with van der Waals surface area (Å²) in [4.78, 5) is 0. The van der Waals surface area contributed by atoms with Crippen molar-refractivity contribution in [3.63, 3.8) is 0 Å². The number of hydrogen-bond acceptors (Lipinski definition) is 2. The lowest BCUT2D eigenvalue weighted by atomic mass is 10.00. The van der Waals surface area contributed by atoms with Gasteiger partial charge in [0.2, 0.25) is 0 Å². The van der Waals surface area contributed by atoms with Crippen LogP contribution in [0.4, 0.5) is 0 Å². The summed E-state index contributed by atoms with van der Waals surface area (Å²) >= 11 is 5.67. The van der Waals surface area contributed by atoms with Crippen LogP contribution in [-0.2, 0) is 12.8 Å². The van der Waals surface area contributed by atoms with Crippen molar-refractivity contribution in [3.8, 4) is 11.5 Å². The predicted molar refractivity (Wildman–Crippen MR) is 72.0 cm³/mol. The first-order chi connectivity index (χ1) is 8.20. The van der Waals surface area contributed by atoms with E-state index in [4.69, 9.17) is 11.6 Å². The van der Waals surface area contributed by atoms with Crippen molar-refractivity contribution in [1.29, 1.82) is 0 Å². The normalized spacial score (nSPS) is 10.7. The van der Waals surface area contributed by atoms with E-state index < -0.39 is 0 Å². The van der Waals surface area contributed by atoms with Gasteiger partial charge >= 0.3 is 0 Å². The first-order valence-electron chi connectivity index (χ1n) is 6.29. The zero-order chi connectivity index (χ0) is 12.7. The molecule has 1 aromatic rings. The molecule has 0 aromatic heterocycles. The second kappa shape index (κ2) is 7.44. The van der Waals surface area contributed by atoms with Crippen molar-refractivity contribution in [3.05, 3.63) is 23.3 Å². The molecule has 0 heterocycles. The van der Waals surface area contributed by atoms with E-state index in [1.807, 2.05) is 0 Å². The maximum atomic E-state index is 10.0. The van der Waals surface area contributed by atoms with Crippen molar-refractivity contribution in [2.45, 2.75) is 45.4 Å². The Labute approximate surface area is 108 Å². The van der Waals surface area contributed by atoms with Gasteiger partial charge in [-0.05, 0) is 30.9 Å².